The fourth-order valence-corrected chi connectivity index (χ4v) is 6.53. The molecular weight excluding hydrogens is 535 g/mol. The second-order valence-electron chi connectivity index (χ2n) is 11.2. The Hall–Kier alpha value is -2.56. The van der Waals surface area contributed by atoms with E-state index in [2.05, 4.69) is 59.2 Å². The number of halogens is 2. The third-order valence-corrected chi connectivity index (χ3v) is 8.55. The lowest BCUT2D eigenvalue weighted by Crippen LogP contribution is -2.12. The highest BCUT2D eigenvalue weighted by molar-refractivity contribution is 5.94. The van der Waals surface area contributed by atoms with Gasteiger partial charge in [-0.1, -0.05) is 62.1 Å². The number of rotatable bonds is 11. The fraction of sp³-hybridized carbons (Fsp3) is 0.471. The molecule has 0 atom stereocenters. The minimum Gasteiger partial charge on any atom is -0.384 e. The molecule has 0 unspecified atom stereocenters. The predicted octanol–water partition coefficient (Wildman–Crippen LogP) is 9.25. The Labute approximate surface area is 252 Å². The summed E-state index contributed by atoms with van der Waals surface area (Å²) in [6, 6.07) is 17.3. The van der Waals surface area contributed by atoms with E-state index in [0.717, 1.165) is 37.0 Å². The molecule has 4 aromatic rings. The van der Waals surface area contributed by atoms with Gasteiger partial charge in [-0.15, -0.1) is 24.8 Å². The highest BCUT2D eigenvalue weighted by Crippen LogP contribution is 2.34. The molecule has 0 bridgehead atoms. The largest absolute Gasteiger partial charge is 0.384 e. The van der Waals surface area contributed by atoms with Crippen LogP contribution in [0.4, 0.5) is 11.4 Å². The number of aryl methyl sites for hydroxylation is 2. The zero-order chi connectivity index (χ0) is 25.6. The first-order valence-corrected chi connectivity index (χ1v) is 15.2. The van der Waals surface area contributed by atoms with Crippen LogP contribution in [-0.4, -0.2) is 23.1 Å². The van der Waals surface area contributed by atoms with Crippen LogP contribution < -0.4 is 10.6 Å². The Morgan fingerprint density at radius 1 is 0.500 bits per heavy atom. The van der Waals surface area contributed by atoms with Gasteiger partial charge in [-0.25, -0.2) is 0 Å². The maximum Gasteiger partial charge on any atom is 0.0726 e. The van der Waals surface area contributed by atoms with Crippen molar-refractivity contribution < 1.29 is 0 Å². The number of benzene rings is 2. The minimum absolute atomic E-state index is 0. The molecule has 0 spiro atoms. The molecular formula is C34H44Cl2N4. The first kappa shape index (κ1) is 30.4. The van der Waals surface area contributed by atoms with Crippen LogP contribution in [0.15, 0.2) is 48.5 Å². The van der Waals surface area contributed by atoms with Gasteiger partial charge in [0.15, 0.2) is 0 Å². The normalized spacial score (nSPS) is 14.1. The molecule has 6 heteroatoms. The second kappa shape index (κ2) is 14.9. The van der Waals surface area contributed by atoms with Gasteiger partial charge in [0.25, 0.3) is 0 Å². The molecule has 0 fully saturated rings. The van der Waals surface area contributed by atoms with Gasteiger partial charge in [-0.3, -0.25) is 9.97 Å². The molecule has 6 rings (SSSR count). The van der Waals surface area contributed by atoms with Crippen LogP contribution in [0.2, 0.25) is 0 Å². The van der Waals surface area contributed by atoms with Gasteiger partial charge >= 0.3 is 0 Å². The molecule has 0 aliphatic heterocycles. The van der Waals surface area contributed by atoms with E-state index >= 15 is 0 Å². The number of hydrogen-bond acceptors (Lipinski definition) is 4. The molecule has 2 N–H and O–H groups in total. The van der Waals surface area contributed by atoms with Crippen molar-refractivity contribution in [2.24, 2.45) is 0 Å². The second-order valence-corrected chi connectivity index (χ2v) is 11.2. The van der Waals surface area contributed by atoms with Gasteiger partial charge in [0, 0.05) is 46.6 Å². The van der Waals surface area contributed by atoms with Crippen molar-refractivity contribution in [3.8, 4) is 0 Å². The lowest BCUT2D eigenvalue weighted by Gasteiger charge is -2.22. The van der Waals surface area contributed by atoms with E-state index in [1.165, 1.54) is 122 Å². The maximum absolute atomic E-state index is 4.98. The van der Waals surface area contributed by atoms with Crippen LogP contribution in [0.1, 0.15) is 86.7 Å². The zero-order valence-electron chi connectivity index (χ0n) is 23.6. The third kappa shape index (κ3) is 6.83. The van der Waals surface area contributed by atoms with E-state index in [1.54, 1.807) is 0 Å². The number of fused-ring (bicyclic) bond motifs is 4. The minimum atomic E-state index is 0. The first-order valence-electron chi connectivity index (χ1n) is 15.2. The summed E-state index contributed by atoms with van der Waals surface area (Å²) in [7, 11) is 0. The van der Waals surface area contributed by atoms with E-state index in [4.69, 9.17) is 9.97 Å². The Balaban J connectivity index is 0.00000185. The van der Waals surface area contributed by atoms with Crippen LogP contribution in [0, 0.1) is 0 Å². The average molecular weight is 580 g/mol. The highest BCUT2D eigenvalue weighted by Gasteiger charge is 2.19. The third-order valence-electron chi connectivity index (χ3n) is 8.55. The van der Waals surface area contributed by atoms with Gasteiger partial charge in [0.05, 0.1) is 11.0 Å². The topological polar surface area (TPSA) is 49.8 Å². The number of aromatic nitrogens is 2. The Bertz CT molecular complexity index is 1300. The summed E-state index contributed by atoms with van der Waals surface area (Å²) < 4.78 is 0. The van der Waals surface area contributed by atoms with Crippen molar-refractivity contribution >= 4 is 58.0 Å². The number of nitrogens with zero attached hydrogens (tertiary/aromatic N) is 2. The molecule has 2 aliphatic rings. The number of hydrogen-bond donors (Lipinski definition) is 2. The van der Waals surface area contributed by atoms with Gasteiger partial charge in [0.1, 0.15) is 0 Å². The van der Waals surface area contributed by atoms with Crippen molar-refractivity contribution in [1.82, 2.24) is 9.97 Å². The summed E-state index contributed by atoms with van der Waals surface area (Å²) in [5.74, 6) is 0. The maximum atomic E-state index is 4.98. The summed E-state index contributed by atoms with van der Waals surface area (Å²) in [5, 5.41) is 10.2. The quantitative estimate of drug-likeness (QED) is 0.174. The first-order chi connectivity index (χ1) is 18.9. The Morgan fingerprint density at radius 3 is 1.38 bits per heavy atom. The van der Waals surface area contributed by atoms with Crippen LogP contribution in [-0.2, 0) is 25.7 Å². The van der Waals surface area contributed by atoms with Gasteiger partial charge < -0.3 is 10.6 Å². The van der Waals surface area contributed by atoms with Gasteiger partial charge in [-0.05, 0) is 87.5 Å². The van der Waals surface area contributed by atoms with Gasteiger partial charge in [-0.2, -0.15) is 0 Å². The molecule has 0 saturated heterocycles. The predicted molar refractivity (Wildman–Crippen MR) is 176 cm³/mol. The lowest BCUT2D eigenvalue weighted by molar-refractivity contribution is 0.609. The van der Waals surface area contributed by atoms with E-state index < -0.39 is 0 Å². The molecule has 40 heavy (non-hydrogen) atoms. The van der Waals surface area contributed by atoms with Crippen LogP contribution in [0.25, 0.3) is 21.8 Å². The number of nitrogens with one attached hydrogen (secondary N) is 2. The number of pyridine rings is 2. The van der Waals surface area contributed by atoms with E-state index in [9.17, 15) is 0 Å². The van der Waals surface area contributed by atoms with Crippen molar-refractivity contribution in [2.75, 3.05) is 23.7 Å². The van der Waals surface area contributed by atoms with Crippen molar-refractivity contribution in [3.63, 3.8) is 0 Å². The number of unbranched alkanes of at least 4 members (excludes halogenated alkanes) is 5. The molecule has 2 aliphatic carbocycles. The Morgan fingerprint density at radius 2 is 0.900 bits per heavy atom. The SMILES string of the molecule is Cl.Cl.c1ccc2c(NCCCCCCCCNc3c4c(nc5ccccc35)CCCC4)c3c(nc2c1)CCCC3. The molecule has 0 radical (unpaired) electrons. The fourth-order valence-electron chi connectivity index (χ4n) is 6.53. The van der Waals surface area contributed by atoms with Crippen molar-refractivity contribution in [1.29, 1.82) is 0 Å². The van der Waals surface area contributed by atoms with Crippen molar-refractivity contribution in [2.45, 2.75) is 89.9 Å². The number of anilines is 2. The molecule has 2 aromatic carbocycles. The molecule has 0 saturated carbocycles. The van der Waals surface area contributed by atoms with E-state index in [0.29, 0.717) is 0 Å². The molecule has 0 amide bonds. The molecule has 4 nitrogen and oxygen atoms in total. The standard InChI is InChI=1S/C34H42N4.2ClH/c1(3-13-23-35-33-25-15-5-9-19-29(25)37-30-20-10-6-16-26(30)33)2-4-14-24-36-34-27-17-7-11-21-31(27)38-32-22-12-8-18-28(32)34;;/h5,7,9,11,15,17,19,21H,1-4,6,8,10,12-14,16,18,20,22-24H2,(H,35,37)(H,36,38);2*1H. The highest BCUT2D eigenvalue weighted by atomic mass is 35.5. The molecule has 2 heterocycles. The van der Waals surface area contributed by atoms with Gasteiger partial charge in [0.2, 0.25) is 0 Å². The van der Waals surface area contributed by atoms with Crippen LogP contribution >= 0.6 is 24.8 Å². The average Bonchev–Trinajstić information content (AvgIpc) is 2.97. The van der Waals surface area contributed by atoms with Crippen LogP contribution in [0.5, 0.6) is 0 Å². The molecule has 214 valence electrons. The van der Waals surface area contributed by atoms with E-state index in [-0.39, 0.29) is 24.8 Å². The van der Waals surface area contributed by atoms with E-state index in [1.807, 2.05) is 0 Å². The van der Waals surface area contributed by atoms with Crippen LogP contribution in [0.3, 0.4) is 0 Å². The summed E-state index contributed by atoms with van der Waals surface area (Å²) in [6.45, 7) is 2.12. The Kier molecular flexibility index (Phi) is 11.3. The summed E-state index contributed by atoms with van der Waals surface area (Å²) >= 11 is 0. The lowest BCUT2D eigenvalue weighted by atomic mass is 9.92. The number of para-hydroxylation sites is 2. The smallest absolute Gasteiger partial charge is 0.0726 e. The van der Waals surface area contributed by atoms with Crippen molar-refractivity contribution in [3.05, 3.63) is 71.0 Å². The molecule has 2 aromatic heterocycles. The zero-order valence-corrected chi connectivity index (χ0v) is 25.3. The summed E-state index contributed by atoms with van der Waals surface area (Å²) in [5.41, 5.74) is 10.6. The summed E-state index contributed by atoms with van der Waals surface area (Å²) in [6.07, 6.45) is 17.4. The monoisotopic (exact) mass is 578 g/mol. The summed E-state index contributed by atoms with van der Waals surface area (Å²) in [4.78, 5) is 9.95.